The minimum absolute atomic E-state index is 0.0162. The molecular weight excluding hydrogens is 342 g/mol. The normalized spacial score (nSPS) is 14.5. The van der Waals surface area contributed by atoms with E-state index < -0.39 is 0 Å². The van der Waals surface area contributed by atoms with E-state index in [1.165, 1.54) is 0 Å². The van der Waals surface area contributed by atoms with Crippen LogP contribution in [0.4, 0.5) is 0 Å². The molecule has 0 atom stereocenters. The summed E-state index contributed by atoms with van der Waals surface area (Å²) >= 11 is 6.16. The van der Waals surface area contributed by atoms with Gasteiger partial charge in [-0.3, -0.25) is 9.59 Å². The smallest absolute Gasteiger partial charge is 0.255 e. The number of amides is 2. The Bertz CT molecular complexity index is 753. The zero-order chi connectivity index (χ0) is 17.8. The molecule has 0 spiro atoms. The highest BCUT2D eigenvalue weighted by atomic mass is 35.5. The zero-order valence-electron chi connectivity index (χ0n) is 14.0. The molecule has 1 aromatic carbocycles. The van der Waals surface area contributed by atoms with Crippen LogP contribution in [0.2, 0.25) is 5.02 Å². The summed E-state index contributed by atoms with van der Waals surface area (Å²) in [6, 6.07) is 6.81. The van der Waals surface area contributed by atoms with Crippen LogP contribution >= 0.6 is 11.6 Å². The molecule has 25 heavy (non-hydrogen) atoms. The van der Waals surface area contributed by atoms with Crippen molar-refractivity contribution in [1.29, 1.82) is 0 Å². The maximum Gasteiger partial charge on any atom is 0.255 e. The number of hydrogen-bond donors (Lipinski definition) is 1. The topological polar surface area (TPSA) is 65.6 Å². The highest BCUT2D eigenvalue weighted by Crippen LogP contribution is 2.26. The Morgan fingerprint density at radius 1 is 1.08 bits per heavy atom. The summed E-state index contributed by atoms with van der Waals surface area (Å²) in [5.74, 6) is 0.471. The summed E-state index contributed by atoms with van der Waals surface area (Å²) in [5, 5.41) is 0.425. The highest BCUT2D eigenvalue weighted by Gasteiger charge is 2.26. The Morgan fingerprint density at radius 3 is 2.24 bits per heavy atom. The predicted molar refractivity (Wildman–Crippen MR) is 95.2 cm³/mol. The number of nitrogens with zero attached hydrogens (tertiary/aromatic N) is 2. The van der Waals surface area contributed by atoms with Gasteiger partial charge in [0.1, 0.15) is 5.75 Å². The Morgan fingerprint density at radius 2 is 1.72 bits per heavy atom. The quantitative estimate of drug-likeness (QED) is 0.910. The predicted octanol–water partition coefficient (Wildman–Crippen LogP) is 2.67. The summed E-state index contributed by atoms with van der Waals surface area (Å²) in [4.78, 5) is 31.4. The van der Waals surface area contributed by atoms with E-state index in [1.807, 2.05) is 6.92 Å². The minimum atomic E-state index is -0.0845. The summed E-state index contributed by atoms with van der Waals surface area (Å²) < 4.78 is 5.39. The lowest BCUT2D eigenvalue weighted by atomic mass is 10.1. The minimum Gasteiger partial charge on any atom is -0.492 e. The third kappa shape index (κ3) is 3.79. The van der Waals surface area contributed by atoms with Crippen molar-refractivity contribution in [1.82, 2.24) is 14.8 Å². The number of nitrogens with one attached hydrogen (secondary N) is 1. The van der Waals surface area contributed by atoms with Crippen molar-refractivity contribution < 1.29 is 14.3 Å². The first-order chi connectivity index (χ1) is 12.1. The molecule has 0 saturated carbocycles. The molecule has 0 unspecified atom stereocenters. The van der Waals surface area contributed by atoms with Gasteiger partial charge in [-0.15, -0.1) is 0 Å². The number of piperazine rings is 1. The van der Waals surface area contributed by atoms with E-state index in [1.54, 1.807) is 46.5 Å². The van der Waals surface area contributed by atoms with Gasteiger partial charge in [0.25, 0.3) is 11.8 Å². The van der Waals surface area contributed by atoms with Crippen molar-refractivity contribution in [2.75, 3.05) is 32.8 Å². The van der Waals surface area contributed by atoms with Crippen LogP contribution in [0.1, 0.15) is 27.6 Å². The van der Waals surface area contributed by atoms with Crippen molar-refractivity contribution in [2.24, 2.45) is 0 Å². The van der Waals surface area contributed by atoms with E-state index >= 15 is 0 Å². The number of hydrogen-bond acceptors (Lipinski definition) is 3. The molecule has 1 aliphatic rings. The Balaban J connectivity index is 1.62. The van der Waals surface area contributed by atoms with Gasteiger partial charge < -0.3 is 19.5 Å². The summed E-state index contributed by atoms with van der Waals surface area (Å²) in [6.45, 7) is 4.43. The number of ether oxygens (including phenoxy) is 1. The average molecular weight is 362 g/mol. The molecule has 0 bridgehead atoms. The van der Waals surface area contributed by atoms with E-state index in [0.29, 0.717) is 54.7 Å². The van der Waals surface area contributed by atoms with Crippen molar-refractivity contribution in [3.05, 3.63) is 52.8 Å². The van der Waals surface area contributed by atoms with Crippen molar-refractivity contribution in [3.8, 4) is 5.75 Å². The van der Waals surface area contributed by atoms with Gasteiger partial charge in [-0.05, 0) is 31.2 Å². The fourth-order valence-electron chi connectivity index (χ4n) is 2.84. The van der Waals surface area contributed by atoms with Crippen molar-refractivity contribution >= 4 is 23.4 Å². The first kappa shape index (κ1) is 17.4. The SMILES string of the molecule is CCOc1ccc(C(=O)N2CCN(C(=O)c3cc[nH]c3)CC2)cc1Cl. The molecule has 1 saturated heterocycles. The van der Waals surface area contributed by atoms with E-state index in [4.69, 9.17) is 16.3 Å². The molecule has 1 aliphatic heterocycles. The van der Waals surface area contributed by atoms with Crippen LogP contribution in [0, 0.1) is 0 Å². The van der Waals surface area contributed by atoms with Crippen LogP contribution < -0.4 is 4.74 Å². The Labute approximate surface area is 151 Å². The number of aromatic amines is 1. The Hall–Kier alpha value is -2.47. The lowest BCUT2D eigenvalue weighted by Crippen LogP contribution is -2.50. The summed E-state index contributed by atoms with van der Waals surface area (Å²) in [6.07, 6.45) is 3.41. The van der Waals surface area contributed by atoms with E-state index in [9.17, 15) is 9.59 Å². The van der Waals surface area contributed by atoms with Gasteiger partial charge >= 0.3 is 0 Å². The van der Waals surface area contributed by atoms with Gasteiger partial charge in [0.2, 0.25) is 0 Å². The molecular formula is C18H20ClN3O3. The fourth-order valence-corrected chi connectivity index (χ4v) is 3.08. The van der Waals surface area contributed by atoms with Gasteiger partial charge in [0.15, 0.2) is 0 Å². The summed E-state index contributed by atoms with van der Waals surface area (Å²) in [5.41, 5.74) is 1.16. The molecule has 1 fully saturated rings. The number of aromatic nitrogens is 1. The van der Waals surface area contributed by atoms with Crippen molar-refractivity contribution in [3.63, 3.8) is 0 Å². The summed E-state index contributed by atoms with van der Waals surface area (Å²) in [7, 11) is 0. The molecule has 1 N–H and O–H groups in total. The molecule has 132 valence electrons. The number of carbonyl (C=O) groups is 2. The van der Waals surface area contributed by atoms with E-state index in [0.717, 1.165) is 0 Å². The molecule has 7 heteroatoms. The molecule has 6 nitrogen and oxygen atoms in total. The fraction of sp³-hybridized carbons (Fsp3) is 0.333. The monoisotopic (exact) mass is 361 g/mol. The largest absolute Gasteiger partial charge is 0.492 e. The number of carbonyl (C=O) groups excluding carboxylic acids is 2. The maximum absolute atomic E-state index is 12.6. The molecule has 2 heterocycles. The lowest BCUT2D eigenvalue weighted by molar-refractivity contribution is 0.0535. The maximum atomic E-state index is 12.6. The third-order valence-corrected chi connectivity index (χ3v) is 4.47. The first-order valence-corrected chi connectivity index (χ1v) is 8.61. The van der Waals surface area contributed by atoms with Crippen LogP contribution in [0.5, 0.6) is 5.75 Å². The van der Waals surface area contributed by atoms with Gasteiger partial charge in [-0.25, -0.2) is 0 Å². The molecule has 2 amide bonds. The Kier molecular flexibility index (Phi) is 5.28. The van der Waals surface area contributed by atoms with Crippen LogP contribution in [0.25, 0.3) is 0 Å². The third-order valence-electron chi connectivity index (χ3n) is 4.18. The van der Waals surface area contributed by atoms with E-state index in [-0.39, 0.29) is 11.8 Å². The first-order valence-electron chi connectivity index (χ1n) is 8.24. The standard InChI is InChI=1S/C18H20ClN3O3/c1-2-25-16-4-3-13(11-15(16)19)17(23)21-7-9-22(10-8-21)18(24)14-5-6-20-12-14/h3-6,11-12,20H,2,7-10H2,1H3. The molecule has 1 aromatic heterocycles. The second-order valence-corrected chi connectivity index (χ2v) is 6.17. The van der Waals surface area contributed by atoms with Gasteiger partial charge in [0.05, 0.1) is 17.2 Å². The second kappa shape index (κ2) is 7.61. The molecule has 2 aromatic rings. The van der Waals surface area contributed by atoms with E-state index in [2.05, 4.69) is 4.98 Å². The van der Waals surface area contributed by atoms with Gasteiger partial charge in [-0.2, -0.15) is 0 Å². The lowest BCUT2D eigenvalue weighted by Gasteiger charge is -2.34. The van der Waals surface area contributed by atoms with Gasteiger partial charge in [0, 0.05) is 44.1 Å². The van der Waals surface area contributed by atoms with Crippen LogP contribution in [-0.4, -0.2) is 59.4 Å². The molecule has 0 aliphatic carbocycles. The molecule has 3 rings (SSSR count). The second-order valence-electron chi connectivity index (χ2n) is 5.76. The van der Waals surface area contributed by atoms with Crippen molar-refractivity contribution in [2.45, 2.75) is 6.92 Å². The molecule has 0 radical (unpaired) electrons. The van der Waals surface area contributed by atoms with Crippen LogP contribution in [-0.2, 0) is 0 Å². The number of halogens is 1. The van der Waals surface area contributed by atoms with Crippen LogP contribution in [0.3, 0.4) is 0 Å². The highest BCUT2D eigenvalue weighted by molar-refractivity contribution is 6.32. The van der Waals surface area contributed by atoms with Crippen LogP contribution in [0.15, 0.2) is 36.7 Å². The average Bonchev–Trinajstić information content (AvgIpc) is 3.17. The van der Waals surface area contributed by atoms with Gasteiger partial charge in [-0.1, -0.05) is 11.6 Å². The number of rotatable bonds is 4. The number of H-pyrrole nitrogens is 1. The number of benzene rings is 1. The zero-order valence-corrected chi connectivity index (χ0v) is 14.8.